The lowest BCUT2D eigenvalue weighted by Gasteiger charge is -2.33. The minimum atomic E-state index is -3.23. The lowest BCUT2D eigenvalue weighted by Crippen LogP contribution is -2.50. The van der Waals surface area contributed by atoms with Crippen molar-refractivity contribution in [2.45, 2.75) is 19.9 Å². The Hall–Kier alpha value is -1.74. The fourth-order valence-electron chi connectivity index (χ4n) is 2.32. The summed E-state index contributed by atoms with van der Waals surface area (Å²) in [5, 5.41) is 4.09. The maximum atomic E-state index is 12.4. The summed E-state index contributed by atoms with van der Waals surface area (Å²) in [6.45, 7) is 3.58. The first kappa shape index (κ1) is 16.6. The summed E-state index contributed by atoms with van der Waals surface area (Å²) in [6.07, 6.45) is 1.91. The maximum absolute atomic E-state index is 12.4. The number of hydrogen-bond donors (Lipinski definition) is 0. The van der Waals surface area contributed by atoms with E-state index in [2.05, 4.69) is 5.10 Å². The van der Waals surface area contributed by atoms with Crippen molar-refractivity contribution in [3.05, 3.63) is 28.2 Å². The molecule has 2 rings (SSSR count). The van der Waals surface area contributed by atoms with Crippen molar-refractivity contribution in [3.8, 4) is 0 Å². The van der Waals surface area contributed by atoms with Crippen LogP contribution in [0.25, 0.3) is 0 Å². The van der Waals surface area contributed by atoms with Crippen LogP contribution in [-0.2, 0) is 16.6 Å². The van der Waals surface area contributed by atoms with E-state index >= 15 is 0 Å². The average molecular weight is 328 g/mol. The van der Waals surface area contributed by atoms with E-state index in [4.69, 9.17) is 0 Å². The summed E-state index contributed by atoms with van der Waals surface area (Å²) in [4.78, 5) is 25.6. The molecule has 1 aliphatic heterocycles. The van der Waals surface area contributed by atoms with Gasteiger partial charge in [0.1, 0.15) is 5.69 Å². The predicted molar refractivity (Wildman–Crippen MR) is 81.1 cm³/mol. The zero-order valence-corrected chi connectivity index (χ0v) is 13.5. The highest BCUT2D eigenvalue weighted by atomic mass is 32.2. The van der Waals surface area contributed by atoms with Crippen molar-refractivity contribution in [2.24, 2.45) is 0 Å². The van der Waals surface area contributed by atoms with E-state index in [0.717, 1.165) is 12.7 Å². The smallest absolute Gasteiger partial charge is 0.274 e. The maximum Gasteiger partial charge on any atom is 0.274 e. The van der Waals surface area contributed by atoms with Gasteiger partial charge in [-0.05, 0) is 12.5 Å². The van der Waals surface area contributed by atoms with Gasteiger partial charge in [0.25, 0.3) is 11.5 Å². The Morgan fingerprint density at radius 3 is 2.41 bits per heavy atom. The molecule has 0 bridgehead atoms. The minimum absolute atomic E-state index is 0.209. The average Bonchev–Trinajstić information content (AvgIpc) is 2.48. The van der Waals surface area contributed by atoms with Crippen LogP contribution >= 0.6 is 0 Å². The highest BCUT2D eigenvalue weighted by molar-refractivity contribution is 7.88. The first-order valence-electron chi connectivity index (χ1n) is 7.15. The Bertz CT molecular complexity index is 705. The molecule has 8 nitrogen and oxygen atoms in total. The predicted octanol–water partition coefficient (Wildman–Crippen LogP) is -0.629. The molecule has 122 valence electrons. The van der Waals surface area contributed by atoms with Gasteiger partial charge in [-0.15, -0.1) is 0 Å². The molecule has 0 saturated carbocycles. The first-order valence-corrected chi connectivity index (χ1v) is 9.00. The second-order valence-electron chi connectivity index (χ2n) is 5.23. The number of nitrogens with zero attached hydrogens (tertiary/aromatic N) is 4. The highest BCUT2D eigenvalue weighted by Crippen LogP contribution is 2.09. The molecule has 22 heavy (non-hydrogen) atoms. The van der Waals surface area contributed by atoms with E-state index < -0.39 is 10.0 Å². The van der Waals surface area contributed by atoms with Gasteiger partial charge in [-0.25, -0.2) is 13.1 Å². The summed E-state index contributed by atoms with van der Waals surface area (Å²) in [6, 6.07) is 2.75. The molecule has 0 aliphatic carbocycles. The van der Waals surface area contributed by atoms with Gasteiger partial charge in [-0.2, -0.15) is 9.40 Å². The van der Waals surface area contributed by atoms with Crippen molar-refractivity contribution in [2.75, 3.05) is 32.4 Å². The van der Waals surface area contributed by atoms with Crippen LogP contribution in [-0.4, -0.2) is 65.7 Å². The highest BCUT2D eigenvalue weighted by Gasteiger charge is 2.27. The number of piperazine rings is 1. The van der Waals surface area contributed by atoms with Crippen LogP contribution < -0.4 is 5.56 Å². The van der Waals surface area contributed by atoms with Gasteiger partial charge >= 0.3 is 0 Å². The van der Waals surface area contributed by atoms with Gasteiger partial charge < -0.3 is 4.90 Å². The van der Waals surface area contributed by atoms with Gasteiger partial charge in [0.15, 0.2) is 0 Å². The number of hydrogen-bond acceptors (Lipinski definition) is 5. The number of amides is 1. The van der Waals surface area contributed by atoms with Crippen LogP contribution in [0.4, 0.5) is 0 Å². The second-order valence-corrected chi connectivity index (χ2v) is 7.22. The molecular formula is C13H20N4O4S. The van der Waals surface area contributed by atoms with Crippen molar-refractivity contribution >= 4 is 15.9 Å². The van der Waals surface area contributed by atoms with E-state index in [0.29, 0.717) is 19.6 Å². The largest absolute Gasteiger partial charge is 0.335 e. The van der Waals surface area contributed by atoms with Crippen LogP contribution in [0.2, 0.25) is 0 Å². The van der Waals surface area contributed by atoms with Gasteiger partial charge in [0.2, 0.25) is 10.0 Å². The van der Waals surface area contributed by atoms with Crippen LogP contribution in [0.1, 0.15) is 23.8 Å². The van der Waals surface area contributed by atoms with E-state index in [1.54, 1.807) is 4.90 Å². The topological polar surface area (TPSA) is 92.6 Å². The van der Waals surface area contributed by atoms with Gasteiger partial charge in [0.05, 0.1) is 6.26 Å². The Morgan fingerprint density at radius 1 is 1.23 bits per heavy atom. The van der Waals surface area contributed by atoms with Crippen molar-refractivity contribution in [1.29, 1.82) is 0 Å². The van der Waals surface area contributed by atoms with Crippen molar-refractivity contribution in [3.63, 3.8) is 0 Å². The van der Waals surface area contributed by atoms with Crippen LogP contribution in [0.3, 0.4) is 0 Å². The molecule has 1 aromatic rings. The van der Waals surface area contributed by atoms with Crippen LogP contribution in [0.15, 0.2) is 16.9 Å². The Kier molecular flexibility index (Phi) is 4.97. The van der Waals surface area contributed by atoms with Gasteiger partial charge in [-0.3, -0.25) is 9.59 Å². The summed E-state index contributed by atoms with van der Waals surface area (Å²) < 4.78 is 25.5. The molecule has 9 heteroatoms. The third-order valence-electron chi connectivity index (χ3n) is 3.52. The number of carbonyl (C=O) groups is 1. The van der Waals surface area contributed by atoms with Crippen LogP contribution in [0.5, 0.6) is 0 Å². The molecule has 0 aromatic carbocycles. The number of sulfonamides is 1. The quantitative estimate of drug-likeness (QED) is 0.734. The van der Waals surface area contributed by atoms with E-state index in [1.165, 1.54) is 21.1 Å². The monoisotopic (exact) mass is 328 g/mol. The van der Waals surface area contributed by atoms with E-state index in [-0.39, 0.29) is 30.2 Å². The lowest BCUT2D eigenvalue weighted by molar-refractivity contribution is 0.0689. The third kappa shape index (κ3) is 3.72. The molecule has 1 aromatic heterocycles. The molecule has 0 radical (unpaired) electrons. The normalized spacial score (nSPS) is 16.7. The zero-order chi connectivity index (χ0) is 16.3. The van der Waals surface area contributed by atoms with E-state index in [1.807, 2.05) is 6.92 Å². The molecule has 1 amide bonds. The number of aromatic nitrogens is 2. The summed E-state index contributed by atoms with van der Waals surface area (Å²) >= 11 is 0. The summed E-state index contributed by atoms with van der Waals surface area (Å²) in [5.74, 6) is -0.280. The number of carbonyl (C=O) groups excluding carboxylic acids is 1. The fraction of sp³-hybridized carbons (Fsp3) is 0.615. The number of rotatable bonds is 4. The Morgan fingerprint density at radius 2 is 1.86 bits per heavy atom. The Balaban J connectivity index is 2.10. The third-order valence-corrected chi connectivity index (χ3v) is 4.82. The molecule has 0 atom stereocenters. The van der Waals surface area contributed by atoms with E-state index in [9.17, 15) is 18.0 Å². The SMILES string of the molecule is CCCn1nc(C(=O)N2CCN(S(C)(=O)=O)CC2)ccc1=O. The number of aryl methyl sites for hydroxylation is 1. The minimum Gasteiger partial charge on any atom is -0.335 e. The molecule has 1 aliphatic rings. The standard InChI is InChI=1S/C13H20N4O4S/c1-3-6-17-12(18)5-4-11(14-17)13(19)15-7-9-16(10-8-15)22(2,20)21/h4-5H,3,6-10H2,1-2H3. The van der Waals surface area contributed by atoms with Gasteiger partial charge in [0, 0.05) is 38.8 Å². The molecule has 2 heterocycles. The second kappa shape index (κ2) is 6.57. The lowest BCUT2D eigenvalue weighted by atomic mass is 10.3. The zero-order valence-electron chi connectivity index (χ0n) is 12.7. The molecule has 0 spiro atoms. The van der Waals surface area contributed by atoms with Crippen molar-refractivity contribution in [1.82, 2.24) is 19.0 Å². The Labute approximate surface area is 129 Å². The van der Waals surface area contributed by atoms with Crippen molar-refractivity contribution < 1.29 is 13.2 Å². The molecule has 1 fully saturated rings. The van der Waals surface area contributed by atoms with Crippen LogP contribution in [0, 0.1) is 0 Å². The molecular weight excluding hydrogens is 308 g/mol. The summed E-state index contributed by atoms with van der Waals surface area (Å²) in [7, 11) is -3.23. The first-order chi connectivity index (χ1) is 10.3. The fourth-order valence-corrected chi connectivity index (χ4v) is 3.15. The molecule has 0 N–H and O–H groups in total. The summed E-state index contributed by atoms with van der Waals surface area (Å²) in [5.41, 5.74) is -0.0267. The van der Waals surface area contributed by atoms with Gasteiger partial charge in [-0.1, -0.05) is 6.92 Å². The molecule has 0 unspecified atom stereocenters. The molecule has 1 saturated heterocycles.